The number of nitrogens with one attached hydrogen (secondary N) is 2. The molecule has 0 radical (unpaired) electrons. The number of esters is 1. The number of hydrogen-bond acceptors (Lipinski definition) is 5. The largest absolute Gasteiger partial charge is 0.496 e. The van der Waals surface area contributed by atoms with E-state index in [2.05, 4.69) is 26.8 Å². The van der Waals surface area contributed by atoms with Crippen molar-refractivity contribution in [2.75, 3.05) is 13.7 Å². The lowest BCUT2D eigenvalue weighted by molar-refractivity contribution is -0.125. The van der Waals surface area contributed by atoms with Crippen LogP contribution in [-0.2, 0) is 9.53 Å². The van der Waals surface area contributed by atoms with E-state index < -0.39 is 24.4 Å². The first kappa shape index (κ1) is 18.5. The summed E-state index contributed by atoms with van der Waals surface area (Å²) in [6, 6.07) is 13.0. The third-order valence-corrected chi connectivity index (χ3v) is 3.69. The fourth-order valence-electron chi connectivity index (χ4n) is 1.83. The minimum Gasteiger partial charge on any atom is -0.496 e. The molecule has 0 heterocycles. The van der Waals surface area contributed by atoms with Gasteiger partial charge < -0.3 is 9.47 Å². The quantitative estimate of drug-likeness (QED) is 0.585. The zero-order chi connectivity index (χ0) is 18.2. The van der Waals surface area contributed by atoms with E-state index in [1.54, 1.807) is 36.4 Å². The molecule has 2 amide bonds. The first-order valence-corrected chi connectivity index (χ1v) is 7.95. The zero-order valence-electron chi connectivity index (χ0n) is 13.2. The summed E-state index contributed by atoms with van der Waals surface area (Å²) in [4.78, 5) is 35.3. The number of benzene rings is 2. The van der Waals surface area contributed by atoms with Crippen LogP contribution in [0.1, 0.15) is 20.7 Å². The maximum absolute atomic E-state index is 11.9. The first-order chi connectivity index (χ1) is 12.0. The van der Waals surface area contributed by atoms with E-state index in [1.807, 2.05) is 0 Å². The minimum absolute atomic E-state index is 0.258. The van der Waals surface area contributed by atoms with Gasteiger partial charge in [0.05, 0.1) is 17.1 Å². The molecule has 2 rings (SSSR count). The Hall–Kier alpha value is -2.87. The molecule has 0 atom stereocenters. The Kier molecular flexibility index (Phi) is 6.53. The topological polar surface area (TPSA) is 93.7 Å². The molecule has 25 heavy (non-hydrogen) atoms. The van der Waals surface area contributed by atoms with Gasteiger partial charge >= 0.3 is 5.97 Å². The number of methoxy groups -OCH3 is 1. The number of ether oxygens (including phenoxy) is 2. The number of rotatable bonds is 5. The Morgan fingerprint density at radius 2 is 1.72 bits per heavy atom. The van der Waals surface area contributed by atoms with Crippen molar-refractivity contribution >= 4 is 33.7 Å². The minimum atomic E-state index is -0.673. The maximum Gasteiger partial charge on any atom is 0.338 e. The molecule has 0 unspecified atom stereocenters. The van der Waals surface area contributed by atoms with Crippen molar-refractivity contribution < 1.29 is 23.9 Å². The molecule has 2 aromatic rings. The molecular formula is C17H15BrN2O5. The van der Waals surface area contributed by atoms with Crippen LogP contribution >= 0.6 is 15.9 Å². The van der Waals surface area contributed by atoms with Gasteiger partial charge in [0.2, 0.25) is 0 Å². The summed E-state index contributed by atoms with van der Waals surface area (Å²) >= 11 is 3.26. The molecule has 0 aliphatic carbocycles. The number of amides is 2. The lowest BCUT2D eigenvalue weighted by Gasteiger charge is -2.09. The molecule has 0 aromatic heterocycles. The Morgan fingerprint density at radius 1 is 1.00 bits per heavy atom. The fourth-order valence-corrected chi connectivity index (χ4v) is 2.37. The summed E-state index contributed by atoms with van der Waals surface area (Å²) in [6.07, 6.45) is 0. The summed E-state index contributed by atoms with van der Waals surface area (Å²) in [7, 11) is 1.51. The SMILES string of the molecule is COc1ccc(C(=O)OCC(=O)NNC(=O)c2ccccc2)cc1Br. The summed E-state index contributed by atoms with van der Waals surface area (Å²) < 4.78 is 10.5. The Balaban J connectivity index is 1.80. The third-order valence-electron chi connectivity index (χ3n) is 3.07. The average Bonchev–Trinajstić information content (AvgIpc) is 2.64. The summed E-state index contributed by atoms with van der Waals surface area (Å²) in [6.45, 7) is -0.530. The Labute approximate surface area is 152 Å². The summed E-state index contributed by atoms with van der Waals surface area (Å²) in [5, 5.41) is 0. The number of halogens is 1. The van der Waals surface area contributed by atoms with Crippen LogP contribution in [0.4, 0.5) is 0 Å². The van der Waals surface area contributed by atoms with Crippen LogP contribution in [0.2, 0.25) is 0 Å². The smallest absolute Gasteiger partial charge is 0.338 e. The fraction of sp³-hybridized carbons (Fsp3) is 0.118. The van der Waals surface area contributed by atoms with Crippen LogP contribution in [0.3, 0.4) is 0 Å². The number of hydrogen-bond donors (Lipinski definition) is 2. The lowest BCUT2D eigenvalue weighted by Crippen LogP contribution is -2.43. The highest BCUT2D eigenvalue weighted by atomic mass is 79.9. The van der Waals surface area contributed by atoms with Gasteiger partial charge in [0.15, 0.2) is 6.61 Å². The predicted molar refractivity (Wildman–Crippen MR) is 93.0 cm³/mol. The molecule has 2 N–H and O–H groups in total. The molecule has 0 bridgehead atoms. The number of hydrazine groups is 1. The Morgan fingerprint density at radius 3 is 2.36 bits per heavy atom. The van der Waals surface area contributed by atoms with Crippen molar-refractivity contribution in [3.05, 3.63) is 64.1 Å². The van der Waals surface area contributed by atoms with Crippen LogP contribution < -0.4 is 15.6 Å². The second-order valence-electron chi connectivity index (χ2n) is 4.79. The normalized spacial score (nSPS) is 9.84. The van der Waals surface area contributed by atoms with Gasteiger partial charge in [-0.05, 0) is 46.3 Å². The highest BCUT2D eigenvalue weighted by Gasteiger charge is 2.13. The van der Waals surface area contributed by atoms with Crippen LogP contribution in [0.25, 0.3) is 0 Å². The van der Waals surface area contributed by atoms with Crippen LogP contribution in [0, 0.1) is 0 Å². The van der Waals surface area contributed by atoms with Gasteiger partial charge in [0.25, 0.3) is 11.8 Å². The molecule has 0 aliphatic heterocycles. The Bertz CT molecular complexity index is 780. The van der Waals surface area contributed by atoms with Crippen LogP contribution in [-0.4, -0.2) is 31.5 Å². The van der Waals surface area contributed by atoms with Crippen LogP contribution in [0.5, 0.6) is 5.75 Å². The molecule has 0 fully saturated rings. The molecule has 0 saturated heterocycles. The molecule has 2 aromatic carbocycles. The highest BCUT2D eigenvalue weighted by Crippen LogP contribution is 2.25. The summed E-state index contributed by atoms with van der Waals surface area (Å²) in [5.74, 6) is -1.24. The summed E-state index contributed by atoms with van der Waals surface area (Å²) in [5.41, 5.74) is 5.05. The van der Waals surface area contributed by atoms with Crippen molar-refractivity contribution in [2.45, 2.75) is 0 Å². The molecule has 0 spiro atoms. The number of carbonyl (C=O) groups is 3. The predicted octanol–water partition coefficient (Wildman–Crippen LogP) is 2.08. The highest BCUT2D eigenvalue weighted by molar-refractivity contribution is 9.10. The molecule has 0 aliphatic rings. The van der Waals surface area contributed by atoms with Crippen molar-refractivity contribution in [3.63, 3.8) is 0 Å². The number of carbonyl (C=O) groups excluding carboxylic acids is 3. The van der Waals surface area contributed by atoms with Gasteiger partial charge in [-0.25, -0.2) is 4.79 Å². The van der Waals surface area contributed by atoms with Gasteiger partial charge in [0.1, 0.15) is 5.75 Å². The van der Waals surface area contributed by atoms with E-state index >= 15 is 0 Å². The van der Waals surface area contributed by atoms with Gasteiger partial charge in [-0.2, -0.15) is 0 Å². The zero-order valence-corrected chi connectivity index (χ0v) is 14.8. The maximum atomic E-state index is 11.9. The average molecular weight is 407 g/mol. The third kappa shape index (κ3) is 5.32. The van der Waals surface area contributed by atoms with Gasteiger partial charge in [-0.3, -0.25) is 20.4 Å². The van der Waals surface area contributed by atoms with E-state index in [4.69, 9.17) is 9.47 Å². The van der Waals surface area contributed by atoms with Gasteiger partial charge in [-0.1, -0.05) is 18.2 Å². The van der Waals surface area contributed by atoms with Gasteiger partial charge in [-0.15, -0.1) is 0 Å². The second-order valence-corrected chi connectivity index (χ2v) is 5.65. The van der Waals surface area contributed by atoms with E-state index in [0.29, 0.717) is 15.8 Å². The van der Waals surface area contributed by atoms with E-state index in [9.17, 15) is 14.4 Å². The molecule has 7 nitrogen and oxygen atoms in total. The van der Waals surface area contributed by atoms with Crippen molar-refractivity contribution in [2.24, 2.45) is 0 Å². The molecule has 0 saturated carbocycles. The van der Waals surface area contributed by atoms with Gasteiger partial charge in [0, 0.05) is 5.56 Å². The van der Waals surface area contributed by atoms with Crippen LogP contribution in [0.15, 0.2) is 53.0 Å². The monoisotopic (exact) mass is 406 g/mol. The van der Waals surface area contributed by atoms with E-state index in [0.717, 1.165) is 0 Å². The van der Waals surface area contributed by atoms with Crippen molar-refractivity contribution in [1.82, 2.24) is 10.9 Å². The van der Waals surface area contributed by atoms with E-state index in [1.165, 1.54) is 19.2 Å². The van der Waals surface area contributed by atoms with Crippen molar-refractivity contribution in [1.29, 1.82) is 0 Å². The molecule has 8 heteroatoms. The first-order valence-electron chi connectivity index (χ1n) is 7.16. The van der Waals surface area contributed by atoms with E-state index in [-0.39, 0.29) is 5.56 Å². The second kappa shape index (κ2) is 8.84. The molecular weight excluding hydrogens is 392 g/mol. The lowest BCUT2D eigenvalue weighted by atomic mass is 10.2. The standard InChI is InChI=1S/C17H15BrN2O5/c1-24-14-8-7-12(9-13(14)18)17(23)25-10-15(21)19-20-16(22)11-5-3-2-4-6-11/h2-9H,10H2,1H3,(H,19,21)(H,20,22). The molecule has 130 valence electrons. The van der Waals surface area contributed by atoms with Crippen molar-refractivity contribution in [3.8, 4) is 5.75 Å².